The standard InChI is InChI=1S/C9H5Cl2F3N2S/c10-5-2-1-3-6-7(5)15-8(16(6)11)17-4-9(12,13)14/h1-3H,4H2. The number of aromatic nitrogens is 2. The van der Waals surface area contributed by atoms with Crippen LogP contribution in [-0.2, 0) is 0 Å². The van der Waals surface area contributed by atoms with Crippen molar-refractivity contribution < 1.29 is 13.2 Å². The average Bonchev–Trinajstić information content (AvgIpc) is 2.54. The van der Waals surface area contributed by atoms with Gasteiger partial charge in [-0.05, 0) is 12.1 Å². The van der Waals surface area contributed by atoms with Crippen LogP contribution in [0.25, 0.3) is 11.0 Å². The number of imidazole rings is 1. The maximum atomic E-state index is 12.1. The highest BCUT2D eigenvalue weighted by atomic mass is 35.5. The molecular weight excluding hydrogens is 296 g/mol. The molecule has 2 aromatic rings. The maximum Gasteiger partial charge on any atom is 0.398 e. The van der Waals surface area contributed by atoms with Crippen LogP contribution in [-0.4, -0.2) is 21.0 Å². The summed E-state index contributed by atoms with van der Waals surface area (Å²) >= 11 is 12.3. The van der Waals surface area contributed by atoms with Gasteiger partial charge in [0.15, 0.2) is 5.16 Å². The van der Waals surface area contributed by atoms with Crippen LogP contribution in [0.15, 0.2) is 23.4 Å². The van der Waals surface area contributed by atoms with Gasteiger partial charge in [0.2, 0.25) is 0 Å². The molecule has 0 fully saturated rings. The molecule has 0 saturated heterocycles. The van der Waals surface area contributed by atoms with E-state index in [1.807, 2.05) is 0 Å². The van der Waals surface area contributed by atoms with Crippen molar-refractivity contribution in [1.29, 1.82) is 0 Å². The Hall–Kier alpha value is -0.590. The molecule has 2 nitrogen and oxygen atoms in total. The third-order valence-electron chi connectivity index (χ3n) is 1.92. The minimum Gasteiger partial charge on any atom is -0.228 e. The highest BCUT2D eigenvalue weighted by Crippen LogP contribution is 2.32. The molecule has 0 bridgehead atoms. The van der Waals surface area contributed by atoms with E-state index in [4.69, 9.17) is 23.4 Å². The van der Waals surface area contributed by atoms with Gasteiger partial charge < -0.3 is 0 Å². The smallest absolute Gasteiger partial charge is 0.228 e. The first kappa shape index (κ1) is 12.9. The summed E-state index contributed by atoms with van der Waals surface area (Å²) in [6.07, 6.45) is -4.26. The van der Waals surface area contributed by atoms with Gasteiger partial charge >= 0.3 is 6.18 Å². The third kappa shape index (κ3) is 2.81. The second-order valence-corrected chi connectivity index (χ2v) is 4.87. The molecule has 0 atom stereocenters. The number of alkyl halides is 3. The van der Waals surface area contributed by atoms with Crippen LogP contribution in [0.2, 0.25) is 5.02 Å². The molecule has 0 N–H and O–H groups in total. The fraction of sp³-hybridized carbons (Fsp3) is 0.222. The Morgan fingerprint density at radius 2 is 2.06 bits per heavy atom. The summed E-state index contributed by atoms with van der Waals surface area (Å²) in [5.74, 6) is -1.04. The van der Waals surface area contributed by atoms with E-state index in [1.165, 1.54) is 0 Å². The fourth-order valence-corrected chi connectivity index (χ4v) is 2.44. The van der Waals surface area contributed by atoms with Gasteiger partial charge in [-0.2, -0.15) is 13.2 Å². The van der Waals surface area contributed by atoms with Gasteiger partial charge in [-0.25, -0.2) is 9.07 Å². The topological polar surface area (TPSA) is 17.8 Å². The molecule has 1 heterocycles. The summed E-state index contributed by atoms with van der Waals surface area (Å²) in [6, 6.07) is 4.90. The lowest BCUT2D eigenvalue weighted by Gasteiger charge is -2.04. The van der Waals surface area contributed by atoms with Crippen molar-refractivity contribution >= 4 is 46.2 Å². The first-order valence-corrected chi connectivity index (χ1v) is 6.11. The van der Waals surface area contributed by atoms with Crippen LogP contribution in [0.1, 0.15) is 0 Å². The number of thioether (sulfide) groups is 1. The van der Waals surface area contributed by atoms with Gasteiger partial charge in [0.25, 0.3) is 0 Å². The minimum atomic E-state index is -4.26. The Kier molecular flexibility index (Phi) is 3.47. The molecule has 0 saturated carbocycles. The van der Waals surface area contributed by atoms with E-state index < -0.39 is 11.9 Å². The monoisotopic (exact) mass is 300 g/mol. The van der Waals surface area contributed by atoms with E-state index in [0.717, 1.165) is 4.09 Å². The molecule has 17 heavy (non-hydrogen) atoms. The molecule has 0 unspecified atom stereocenters. The molecule has 0 amide bonds. The largest absolute Gasteiger partial charge is 0.398 e. The molecule has 2 rings (SSSR count). The minimum absolute atomic E-state index is 0.0760. The summed E-state index contributed by atoms with van der Waals surface area (Å²) < 4.78 is 37.3. The molecule has 1 aromatic carbocycles. The summed E-state index contributed by atoms with van der Waals surface area (Å²) in [5, 5.41) is 0.433. The number of rotatable bonds is 2. The highest BCUT2D eigenvalue weighted by molar-refractivity contribution is 7.99. The van der Waals surface area contributed by atoms with Gasteiger partial charge in [-0.3, -0.25) is 0 Å². The number of hydrogen-bond acceptors (Lipinski definition) is 2. The number of hydrogen-bond donors (Lipinski definition) is 0. The molecular formula is C9H5Cl2F3N2S. The van der Waals surface area contributed by atoms with Crippen molar-refractivity contribution in [3.63, 3.8) is 0 Å². The molecule has 0 aliphatic rings. The molecule has 92 valence electrons. The number of fused-ring (bicyclic) bond motifs is 1. The second kappa shape index (κ2) is 4.59. The summed E-state index contributed by atoms with van der Waals surface area (Å²) in [6.45, 7) is 0. The Balaban J connectivity index is 2.36. The van der Waals surface area contributed by atoms with Gasteiger partial charge in [0.1, 0.15) is 5.52 Å². The van der Waals surface area contributed by atoms with Gasteiger partial charge in [-0.1, -0.05) is 29.4 Å². The first-order valence-electron chi connectivity index (χ1n) is 4.41. The van der Waals surface area contributed by atoms with E-state index >= 15 is 0 Å². The van der Waals surface area contributed by atoms with E-state index in [2.05, 4.69) is 4.98 Å². The van der Waals surface area contributed by atoms with Gasteiger partial charge in [0, 0.05) is 11.8 Å². The van der Waals surface area contributed by atoms with E-state index in [1.54, 1.807) is 18.2 Å². The quantitative estimate of drug-likeness (QED) is 0.768. The van der Waals surface area contributed by atoms with Crippen LogP contribution in [0, 0.1) is 0 Å². The summed E-state index contributed by atoms with van der Waals surface area (Å²) in [5.41, 5.74) is 0.887. The third-order valence-corrected chi connectivity index (χ3v) is 3.67. The predicted octanol–water partition coefficient (Wildman–Crippen LogP) is 4.35. The molecule has 0 aliphatic carbocycles. The van der Waals surface area contributed by atoms with Crippen molar-refractivity contribution in [3.05, 3.63) is 23.2 Å². The van der Waals surface area contributed by atoms with Crippen molar-refractivity contribution in [3.8, 4) is 0 Å². The Bertz CT molecular complexity index is 553. The van der Waals surface area contributed by atoms with E-state index in [-0.39, 0.29) is 5.16 Å². The Morgan fingerprint density at radius 3 is 2.65 bits per heavy atom. The van der Waals surface area contributed by atoms with Crippen LogP contribution in [0.4, 0.5) is 13.2 Å². The maximum absolute atomic E-state index is 12.1. The number of nitrogens with zero attached hydrogens (tertiary/aromatic N) is 2. The average molecular weight is 301 g/mol. The van der Waals surface area contributed by atoms with Crippen LogP contribution in [0.3, 0.4) is 0 Å². The highest BCUT2D eigenvalue weighted by Gasteiger charge is 2.28. The lowest BCUT2D eigenvalue weighted by Crippen LogP contribution is -2.11. The van der Waals surface area contributed by atoms with E-state index in [9.17, 15) is 13.2 Å². The first-order chi connectivity index (χ1) is 7.88. The zero-order chi connectivity index (χ0) is 12.6. The van der Waals surface area contributed by atoms with Crippen LogP contribution >= 0.6 is 35.1 Å². The predicted molar refractivity (Wildman–Crippen MR) is 62.8 cm³/mol. The van der Waals surface area contributed by atoms with Crippen molar-refractivity contribution in [2.45, 2.75) is 11.3 Å². The van der Waals surface area contributed by atoms with Crippen LogP contribution in [0.5, 0.6) is 0 Å². The molecule has 8 heteroatoms. The van der Waals surface area contributed by atoms with Crippen molar-refractivity contribution in [1.82, 2.24) is 9.07 Å². The number of benzene rings is 1. The SMILES string of the molecule is FC(F)(F)CSc1nc2c(Cl)cccc2n1Cl. The number of para-hydroxylation sites is 1. The Morgan fingerprint density at radius 1 is 1.35 bits per heavy atom. The molecule has 1 aromatic heterocycles. The van der Waals surface area contributed by atoms with Gasteiger partial charge in [0.05, 0.1) is 16.3 Å². The number of halogens is 5. The molecule has 0 radical (unpaired) electrons. The normalized spacial score (nSPS) is 12.3. The summed E-state index contributed by atoms with van der Waals surface area (Å²) in [7, 11) is 0. The lowest BCUT2D eigenvalue weighted by atomic mass is 10.3. The fourth-order valence-electron chi connectivity index (χ4n) is 1.25. The van der Waals surface area contributed by atoms with E-state index in [0.29, 0.717) is 27.8 Å². The second-order valence-electron chi connectivity index (χ2n) is 3.19. The van der Waals surface area contributed by atoms with Gasteiger partial charge in [-0.15, -0.1) is 0 Å². The van der Waals surface area contributed by atoms with Crippen LogP contribution < -0.4 is 0 Å². The summed E-state index contributed by atoms with van der Waals surface area (Å²) in [4.78, 5) is 3.98. The molecule has 0 spiro atoms. The zero-order valence-electron chi connectivity index (χ0n) is 8.13. The lowest BCUT2D eigenvalue weighted by molar-refractivity contribution is -0.105. The molecule has 0 aliphatic heterocycles. The van der Waals surface area contributed by atoms with Crippen molar-refractivity contribution in [2.24, 2.45) is 0 Å². The zero-order valence-corrected chi connectivity index (χ0v) is 10.5. The van der Waals surface area contributed by atoms with Crippen molar-refractivity contribution in [2.75, 3.05) is 5.75 Å². The Labute approximate surface area is 109 Å².